The molecule has 0 aromatic heterocycles. The summed E-state index contributed by atoms with van der Waals surface area (Å²) in [6.45, 7) is 13.8. The normalized spacial score (nSPS) is 23.8. The van der Waals surface area contributed by atoms with Crippen LogP contribution < -0.4 is 0 Å². The highest BCUT2D eigenvalue weighted by molar-refractivity contribution is 5.92. The molecule has 19 heavy (non-hydrogen) atoms. The van der Waals surface area contributed by atoms with Crippen LogP contribution in [-0.4, -0.2) is 12.3 Å². The van der Waals surface area contributed by atoms with E-state index in [9.17, 15) is 0 Å². The molecule has 0 aromatic rings. The average Bonchev–Trinajstić information content (AvgIpc) is 2.26. The maximum absolute atomic E-state index is 5.30. The highest BCUT2D eigenvalue weighted by atomic mass is 16.6. The smallest absolute Gasteiger partial charge is 0.119 e. The Labute approximate surface area is 118 Å². The fourth-order valence-corrected chi connectivity index (χ4v) is 2.54. The van der Waals surface area contributed by atoms with Gasteiger partial charge in [0.1, 0.15) is 6.61 Å². The number of rotatable bonds is 5. The predicted octanol–water partition coefficient (Wildman–Crippen LogP) is 4.97. The second kappa shape index (κ2) is 6.93. The molecule has 0 aliphatic heterocycles. The SMILES string of the molecule is CC1=CCCC(C)(C)C1/C=C/C(C)=N\OCC(C)C. The molecule has 108 valence electrons. The van der Waals surface area contributed by atoms with Gasteiger partial charge in [-0.25, -0.2) is 0 Å². The summed E-state index contributed by atoms with van der Waals surface area (Å²) >= 11 is 0. The van der Waals surface area contributed by atoms with Crippen molar-refractivity contribution in [2.24, 2.45) is 22.4 Å². The number of hydrogen-bond donors (Lipinski definition) is 0. The van der Waals surface area contributed by atoms with Crippen LogP contribution in [0.5, 0.6) is 0 Å². The van der Waals surface area contributed by atoms with Crippen LogP contribution in [0.15, 0.2) is 29.0 Å². The lowest BCUT2D eigenvalue weighted by atomic mass is 9.68. The first-order chi connectivity index (χ1) is 8.83. The summed E-state index contributed by atoms with van der Waals surface area (Å²) in [6, 6.07) is 0. The zero-order chi connectivity index (χ0) is 14.5. The molecule has 1 atom stereocenters. The molecular weight excluding hydrogens is 234 g/mol. The van der Waals surface area contributed by atoms with Crippen LogP contribution in [0.4, 0.5) is 0 Å². The molecule has 0 bridgehead atoms. The van der Waals surface area contributed by atoms with Crippen molar-refractivity contribution in [2.75, 3.05) is 6.61 Å². The molecule has 0 amide bonds. The monoisotopic (exact) mass is 263 g/mol. The molecule has 0 saturated heterocycles. The molecule has 2 heteroatoms. The third-order valence-corrected chi connectivity index (χ3v) is 3.73. The third kappa shape index (κ3) is 5.22. The molecule has 1 rings (SSSR count). The van der Waals surface area contributed by atoms with Gasteiger partial charge in [0.05, 0.1) is 5.71 Å². The molecular formula is C17H29NO. The van der Waals surface area contributed by atoms with Gasteiger partial charge in [0.15, 0.2) is 0 Å². The van der Waals surface area contributed by atoms with Gasteiger partial charge in [-0.15, -0.1) is 0 Å². The minimum atomic E-state index is 0.342. The summed E-state index contributed by atoms with van der Waals surface area (Å²) in [5.74, 6) is 1.03. The lowest BCUT2D eigenvalue weighted by molar-refractivity contribution is 0.118. The molecule has 1 aliphatic carbocycles. The van der Waals surface area contributed by atoms with Crippen molar-refractivity contribution < 1.29 is 4.84 Å². The van der Waals surface area contributed by atoms with Gasteiger partial charge in [0, 0.05) is 5.92 Å². The van der Waals surface area contributed by atoms with Crippen LogP contribution in [0.1, 0.15) is 54.4 Å². The van der Waals surface area contributed by atoms with Gasteiger partial charge in [0.2, 0.25) is 0 Å². The number of allylic oxidation sites excluding steroid dienone is 4. The molecule has 1 aliphatic rings. The molecule has 0 radical (unpaired) electrons. The zero-order valence-electron chi connectivity index (χ0n) is 13.4. The van der Waals surface area contributed by atoms with Gasteiger partial charge in [-0.3, -0.25) is 0 Å². The Kier molecular flexibility index (Phi) is 5.84. The van der Waals surface area contributed by atoms with Gasteiger partial charge in [0.25, 0.3) is 0 Å². The largest absolute Gasteiger partial charge is 0.395 e. The molecule has 2 nitrogen and oxygen atoms in total. The van der Waals surface area contributed by atoms with Crippen molar-refractivity contribution in [1.29, 1.82) is 0 Å². The van der Waals surface area contributed by atoms with Crippen LogP contribution in [0, 0.1) is 17.3 Å². The zero-order valence-corrected chi connectivity index (χ0v) is 13.4. The first-order valence-corrected chi connectivity index (χ1v) is 7.34. The number of oxime groups is 1. The highest BCUT2D eigenvalue weighted by Gasteiger charge is 2.30. The molecule has 1 unspecified atom stereocenters. The lowest BCUT2D eigenvalue weighted by Crippen LogP contribution is -2.26. The summed E-state index contributed by atoms with van der Waals surface area (Å²) in [4.78, 5) is 5.30. The van der Waals surface area contributed by atoms with Crippen molar-refractivity contribution in [3.05, 3.63) is 23.8 Å². The third-order valence-electron chi connectivity index (χ3n) is 3.73. The van der Waals surface area contributed by atoms with E-state index in [1.165, 1.54) is 18.4 Å². The fraction of sp³-hybridized carbons (Fsp3) is 0.706. The van der Waals surface area contributed by atoms with E-state index in [1.54, 1.807) is 0 Å². The predicted molar refractivity (Wildman–Crippen MR) is 83.3 cm³/mol. The molecule has 0 fully saturated rings. The van der Waals surface area contributed by atoms with Crippen molar-refractivity contribution in [3.63, 3.8) is 0 Å². The van der Waals surface area contributed by atoms with E-state index in [-0.39, 0.29) is 0 Å². The Balaban J connectivity index is 2.64. The Bertz CT molecular complexity index is 375. The van der Waals surface area contributed by atoms with Crippen molar-refractivity contribution in [1.82, 2.24) is 0 Å². The van der Waals surface area contributed by atoms with E-state index in [0.29, 0.717) is 23.9 Å². The van der Waals surface area contributed by atoms with E-state index in [4.69, 9.17) is 4.84 Å². The van der Waals surface area contributed by atoms with Gasteiger partial charge >= 0.3 is 0 Å². The second-order valence-corrected chi connectivity index (χ2v) is 6.73. The first kappa shape index (κ1) is 16.0. The van der Waals surface area contributed by atoms with Crippen molar-refractivity contribution in [3.8, 4) is 0 Å². The minimum Gasteiger partial charge on any atom is -0.395 e. The lowest BCUT2D eigenvalue weighted by Gasteiger charge is -2.36. The van der Waals surface area contributed by atoms with Crippen LogP contribution in [0.2, 0.25) is 0 Å². The van der Waals surface area contributed by atoms with Gasteiger partial charge in [-0.1, -0.05) is 50.6 Å². The summed E-state index contributed by atoms with van der Waals surface area (Å²) < 4.78 is 0. The van der Waals surface area contributed by atoms with Crippen LogP contribution in [0.25, 0.3) is 0 Å². The number of nitrogens with zero attached hydrogens (tertiary/aromatic N) is 1. The Morgan fingerprint density at radius 3 is 2.79 bits per heavy atom. The Hall–Kier alpha value is -1.05. The maximum Gasteiger partial charge on any atom is 0.119 e. The second-order valence-electron chi connectivity index (χ2n) is 6.73. The van der Waals surface area contributed by atoms with E-state index >= 15 is 0 Å². The maximum atomic E-state index is 5.30. The average molecular weight is 263 g/mol. The molecule has 0 heterocycles. The molecule has 0 aromatic carbocycles. The van der Waals surface area contributed by atoms with Crippen LogP contribution in [0.3, 0.4) is 0 Å². The van der Waals surface area contributed by atoms with Gasteiger partial charge in [-0.2, -0.15) is 0 Å². The van der Waals surface area contributed by atoms with E-state index in [1.807, 2.05) is 6.92 Å². The molecule has 0 saturated carbocycles. The van der Waals surface area contributed by atoms with Crippen LogP contribution in [-0.2, 0) is 4.84 Å². The minimum absolute atomic E-state index is 0.342. The fourth-order valence-electron chi connectivity index (χ4n) is 2.54. The summed E-state index contributed by atoms with van der Waals surface area (Å²) in [5.41, 5.74) is 2.76. The topological polar surface area (TPSA) is 21.6 Å². The first-order valence-electron chi connectivity index (χ1n) is 7.34. The summed E-state index contributed by atoms with van der Waals surface area (Å²) in [6.07, 6.45) is 9.19. The van der Waals surface area contributed by atoms with Crippen LogP contribution >= 0.6 is 0 Å². The standard InChI is InChI=1S/C17H29NO/c1-13(2)12-19-18-15(4)9-10-16-14(3)8-7-11-17(16,5)6/h8-10,13,16H,7,11-12H2,1-6H3/b10-9+,18-15-. The van der Waals surface area contributed by atoms with Crippen molar-refractivity contribution >= 4 is 5.71 Å². The number of hydrogen-bond acceptors (Lipinski definition) is 2. The highest BCUT2D eigenvalue weighted by Crippen LogP contribution is 2.41. The Morgan fingerprint density at radius 2 is 2.21 bits per heavy atom. The summed E-state index contributed by atoms with van der Waals surface area (Å²) in [7, 11) is 0. The van der Waals surface area contributed by atoms with E-state index in [2.05, 4.69) is 58.0 Å². The Morgan fingerprint density at radius 1 is 1.53 bits per heavy atom. The molecule has 0 spiro atoms. The summed E-state index contributed by atoms with van der Waals surface area (Å²) in [5, 5.41) is 4.13. The van der Waals surface area contributed by atoms with E-state index < -0.39 is 0 Å². The molecule has 0 N–H and O–H groups in total. The van der Waals surface area contributed by atoms with Gasteiger partial charge in [-0.05, 0) is 44.1 Å². The quantitative estimate of drug-likeness (QED) is 0.390. The van der Waals surface area contributed by atoms with E-state index in [0.717, 1.165) is 5.71 Å². The van der Waals surface area contributed by atoms with Crippen molar-refractivity contribution in [2.45, 2.75) is 54.4 Å². The van der Waals surface area contributed by atoms with Gasteiger partial charge < -0.3 is 4.84 Å².